The molecule has 0 aliphatic heterocycles. The third-order valence-corrected chi connectivity index (χ3v) is 4.43. The zero-order valence-electron chi connectivity index (χ0n) is 12.7. The summed E-state index contributed by atoms with van der Waals surface area (Å²) in [4.78, 5) is 4.14. The number of ether oxygens (including phenoxy) is 1. The maximum absolute atomic E-state index is 5.46. The minimum Gasteiger partial charge on any atom is -0.496 e. The van der Waals surface area contributed by atoms with Crippen LogP contribution in [0, 0.1) is 6.92 Å². The fraction of sp³-hybridized carbons (Fsp3) is 0.389. The van der Waals surface area contributed by atoms with Crippen molar-refractivity contribution in [3.8, 4) is 5.75 Å². The van der Waals surface area contributed by atoms with Crippen LogP contribution in [0.3, 0.4) is 0 Å². The van der Waals surface area contributed by atoms with E-state index in [1.165, 1.54) is 29.5 Å². The van der Waals surface area contributed by atoms with E-state index < -0.39 is 0 Å². The average Bonchev–Trinajstić information content (AvgIpc) is 2.48. The van der Waals surface area contributed by atoms with E-state index in [4.69, 9.17) is 4.74 Å². The number of nitrogens with zero attached hydrogens (tertiary/aromatic N) is 1. The van der Waals surface area contributed by atoms with Gasteiger partial charge >= 0.3 is 0 Å². The second-order valence-electron chi connectivity index (χ2n) is 5.79. The monoisotopic (exact) mass is 282 g/mol. The Labute approximate surface area is 126 Å². The number of benzene rings is 1. The molecule has 3 rings (SSSR count). The predicted molar refractivity (Wildman–Crippen MR) is 84.6 cm³/mol. The van der Waals surface area contributed by atoms with Gasteiger partial charge in [0.25, 0.3) is 0 Å². The molecule has 1 aromatic heterocycles. The molecule has 2 aromatic rings. The van der Waals surface area contributed by atoms with Gasteiger partial charge in [-0.05, 0) is 54.5 Å². The smallest absolute Gasteiger partial charge is 0.122 e. The summed E-state index contributed by atoms with van der Waals surface area (Å²) in [5.41, 5.74) is 3.94. The van der Waals surface area contributed by atoms with Crippen LogP contribution in [0.2, 0.25) is 0 Å². The van der Waals surface area contributed by atoms with Crippen LogP contribution in [0.25, 0.3) is 0 Å². The Balaban J connectivity index is 1.53. The van der Waals surface area contributed by atoms with E-state index in [0.29, 0.717) is 12.0 Å². The van der Waals surface area contributed by atoms with E-state index in [9.17, 15) is 0 Å². The first-order valence-electron chi connectivity index (χ1n) is 7.53. The Morgan fingerprint density at radius 1 is 1.24 bits per heavy atom. The van der Waals surface area contributed by atoms with Gasteiger partial charge in [-0.2, -0.15) is 0 Å². The first-order chi connectivity index (χ1) is 10.3. The van der Waals surface area contributed by atoms with Crippen LogP contribution in [-0.4, -0.2) is 18.1 Å². The van der Waals surface area contributed by atoms with Crippen molar-refractivity contribution in [2.75, 3.05) is 7.11 Å². The Morgan fingerprint density at radius 2 is 2.05 bits per heavy atom. The summed E-state index contributed by atoms with van der Waals surface area (Å²) in [6.07, 6.45) is 6.16. The Bertz CT molecular complexity index is 606. The highest BCUT2D eigenvalue weighted by Crippen LogP contribution is 2.40. The van der Waals surface area contributed by atoms with Crippen molar-refractivity contribution in [2.24, 2.45) is 0 Å². The number of methoxy groups -OCH3 is 1. The molecule has 110 valence electrons. The van der Waals surface area contributed by atoms with Gasteiger partial charge in [0.15, 0.2) is 0 Å². The van der Waals surface area contributed by atoms with E-state index in [1.807, 2.05) is 18.5 Å². The molecule has 0 unspecified atom stereocenters. The molecule has 1 fully saturated rings. The third kappa shape index (κ3) is 3.08. The highest BCUT2D eigenvalue weighted by Gasteiger charge is 2.31. The molecule has 1 heterocycles. The van der Waals surface area contributed by atoms with Gasteiger partial charge in [0.05, 0.1) is 7.11 Å². The molecule has 3 heteroatoms. The van der Waals surface area contributed by atoms with Crippen LogP contribution in [-0.2, 0) is 6.54 Å². The Kier molecular flexibility index (Phi) is 4.20. The number of aromatic nitrogens is 1. The van der Waals surface area contributed by atoms with Crippen molar-refractivity contribution in [1.82, 2.24) is 10.3 Å². The zero-order chi connectivity index (χ0) is 14.7. The first-order valence-corrected chi connectivity index (χ1v) is 7.53. The van der Waals surface area contributed by atoms with Gasteiger partial charge in [-0.3, -0.25) is 4.98 Å². The third-order valence-electron chi connectivity index (χ3n) is 4.43. The minimum absolute atomic E-state index is 0.604. The van der Waals surface area contributed by atoms with Crippen LogP contribution in [0.5, 0.6) is 5.75 Å². The summed E-state index contributed by atoms with van der Waals surface area (Å²) in [6.45, 7) is 3.04. The van der Waals surface area contributed by atoms with Gasteiger partial charge in [-0.1, -0.05) is 18.2 Å². The molecule has 1 aliphatic carbocycles. The maximum atomic E-state index is 5.46. The van der Waals surface area contributed by atoms with Crippen molar-refractivity contribution in [1.29, 1.82) is 0 Å². The summed E-state index contributed by atoms with van der Waals surface area (Å²) in [5.74, 6) is 1.64. The second-order valence-corrected chi connectivity index (χ2v) is 5.79. The molecule has 0 radical (unpaired) electrons. The molecular formula is C18H22N2O. The van der Waals surface area contributed by atoms with Crippen LogP contribution < -0.4 is 10.1 Å². The van der Waals surface area contributed by atoms with Crippen molar-refractivity contribution in [3.63, 3.8) is 0 Å². The molecule has 21 heavy (non-hydrogen) atoms. The van der Waals surface area contributed by atoms with Crippen molar-refractivity contribution >= 4 is 0 Å². The van der Waals surface area contributed by atoms with Gasteiger partial charge in [0.1, 0.15) is 5.75 Å². The molecule has 0 atom stereocenters. The SMILES string of the molecule is COc1ccccc1C1CC(NCc2ccncc2C)C1. The van der Waals surface area contributed by atoms with Gasteiger partial charge in [0.2, 0.25) is 0 Å². The van der Waals surface area contributed by atoms with E-state index in [1.54, 1.807) is 7.11 Å². The van der Waals surface area contributed by atoms with Crippen LogP contribution in [0.1, 0.15) is 35.4 Å². The number of nitrogens with one attached hydrogen (secondary N) is 1. The van der Waals surface area contributed by atoms with Gasteiger partial charge in [0, 0.05) is 25.0 Å². The zero-order valence-corrected chi connectivity index (χ0v) is 12.7. The lowest BCUT2D eigenvalue weighted by atomic mass is 9.75. The second kappa shape index (κ2) is 6.27. The summed E-state index contributed by atoms with van der Waals surface area (Å²) in [5, 5.41) is 3.64. The quantitative estimate of drug-likeness (QED) is 0.912. The fourth-order valence-electron chi connectivity index (χ4n) is 3.00. The maximum Gasteiger partial charge on any atom is 0.122 e. The lowest BCUT2D eigenvalue weighted by molar-refractivity contribution is 0.282. The van der Waals surface area contributed by atoms with Crippen LogP contribution >= 0.6 is 0 Å². The highest BCUT2D eigenvalue weighted by atomic mass is 16.5. The van der Waals surface area contributed by atoms with Gasteiger partial charge < -0.3 is 10.1 Å². The van der Waals surface area contributed by atoms with Crippen molar-refractivity contribution < 1.29 is 4.74 Å². The van der Waals surface area contributed by atoms with Gasteiger partial charge in [-0.15, -0.1) is 0 Å². The van der Waals surface area contributed by atoms with Crippen LogP contribution in [0.15, 0.2) is 42.7 Å². The summed E-state index contributed by atoms with van der Waals surface area (Å²) in [7, 11) is 1.75. The number of para-hydroxylation sites is 1. The number of rotatable bonds is 5. The van der Waals surface area contributed by atoms with E-state index >= 15 is 0 Å². The fourth-order valence-corrected chi connectivity index (χ4v) is 3.00. The minimum atomic E-state index is 0.604. The Hall–Kier alpha value is -1.87. The Morgan fingerprint density at radius 3 is 2.81 bits per heavy atom. The molecule has 1 aliphatic rings. The van der Waals surface area contributed by atoms with Crippen molar-refractivity contribution in [2.45, 2.75) is 38.3 Å². The van der Waals surface area contributed by atoms with E-state index in [2.05, 4.69) is 41.5 Å². The average molecular weight is 282 g/mol. The standard InChI is InChI=1S/C18H22N2O/c1-13-11-19-8-7-14(13)12-20-16-9-15(10-16)17-5-3-4-6-18(17)21-2/h3-8,11,15-16,20H,9-10,12H2,1-2H3. The lowest BCUT2D eigenvalue weighted by Gasteiger charge is -2.37. The summed E-state index contributed by atoms with van der Waals surface area (Å²) >= 11 is 0. The molecule has 0 amide bonds. The molecule has 1 saturated carbocycles. The molecule has 3 nitrogen and oxygen atoms in total. The highest BCUT2D eigenvalue weighted by molar-refractivity contribution is 5.37. The molecule has 0 spiro atoms. The van der Waals surface area contributed by atoms with E-state index in [0.717, 1.165) is 12.3 Å². The molecule has 1 aromatic carbocycles. The topological polar surface area (TPSA) is 34.1 Å². The lowest BCUT2D eigenvalue weighted by Crippen LogP contribution is -2.39. The number of hydrogen-bond donors (Lipinski definition) is 1. The van der Waals surface area contributed by atoms with E-state index in [-0.39, 0.29) is 0 Å². The molecular weight excluding hydrogens is 260 g/mol. The number of hydrogen-bond acceptors (Lipinski definition) is 3. The summed E-state index contributed by atoms with van der Waals surface area (Å²) < 4.78 is 5.46. The molecule has 0 saturated heterocycles. The number of aryl methyl sites for hydroxylation is 1. The largest absolute Gasteiger partial charge is 0.496 e. The first kappa shape index (κ1) is 14.1. The molecule has 1 N–H and O–H groups in total. The predicted octanol–water partition coefficient (Wildman–Crippen LogP) is 3.43. The normalized spacial score (nSPS) is 20.9. The number of pyridine rings is 1. The summed E-state index contributed by atoms with van der Waals surface area (Å²) in [6, 6.07) is 11.1. The molecule has 0 bridgehead atoms. The van der Waals surface area contributed by atoms with Gasteiger partial charge in [-0.25, -0.2) is 0 Å². The van der Waals surface area contributed by atoms with Crippen molar-refractivity contribution in [3.05, 3.63) is 59.4 Å². The van der Waals surface area contributed by atoms with Crippen LogP contribution in [0.4, 0.5) is 0 Å².